The minimum Gasteiger partial charge on any atom is -0.489 e. The van der Waals surface area contributed by atoms with Crippen molar-refractivity contribution >= 4 is 17.9 Å². The van der Waals surface area contributed by atoms with Gasteiger partial charge in [-0.3, -0.25) is 14.5 Å². The second-order valence-corrected chi connectivity index (χ2v) is 9.80. The number of imide groups is 1. The molecule has 2 heterocycles. The normalized spacial score (nSPS) is 14.5. The molecule has 0 saturated carbocycles. The standard InChI is InChI=1S/C34H30N4O3/c1-3-4-18-37-33(39)30(24(2)31(21-35)34(37)40)20-27-22-38(28-15-9-6-10-16-28)36-32(27)26-14-11-17-29(19-26)41-23-25-12-7-5-8-13-25/h5-17,19-20,22H,3-4,18,23H2,1-2H3/b30-20+. The van der Waals surface area contributed by atoms with Crippen LogP contribution in [0.4, 0.5) is 0 Å². The maximum absolute atomic E-state index is 13.6. The van der Waals surface area contributed by atoms with E-state index in [0.717, 1.165) is 23.2 Å². The van der Waals surface area contributed by atoms with Crippen LogP contribution in [0.1, 0.15) is 37.8 Å². The summed E-state index contributed by atoms with van der Waals surface area (Å²) in [6, 6.07) is 29.3. The Balaban J connectivity index is 1.59. The molecule has 0 atom stereocenters. The fraction of sp³-hybridized carbons (Fsp3) is 0.176. The number of aromatic nitrogens is 2. The lowest BCUT2D eigenvalue weighted by Gasteiger charge is -2.27. The van der Waals surface area contributed by atoms with Gasteiger partial charge in [-0.2, -0.15) is 10.4 Å². The molecule has 0 unspecified atom stereocenters. The van der Waals surface area contributed by atoms with Gasteiger partial charge in [0.05, 0.1) is 5.69 Å². The van der Waals surface area contributed by atoms with Crippen molar-refractivity contribution in [3.63, 3.8) is 0 Å². The molecule has 5 rings (SSSR count). The van der Waals surface area contributed by atoms with E-state index < -0.39 is 11.8 Å². The molecule has 0 radical (unpaired) electrons. The van der Waals surface area contributed by atoms with Gasteiger partial charge in [0, 0.05) is 29.4 Å². The van der Waals surface area contributed by atoms with Gasteiger partial charge in [-0.05, 0) is 54.8 Å². The van der Waals surface area contributed by atoms with Crippen LogP contribution in [0.3, 0.4) is 0 Å². The molecule has 0 bridgehead atoms. The summed E-state index contributed by atoms with van der Waals surface area (Å²) in [5.74, 6) is -0.255. The fourth-order valence-corrected chi connectivity index (χ4v) is 4.71. The number of benzene rings is 3. The van der Waals surface area contributed by atoms with Gasteiger partial charge in [0.15, 0.2) is 0 Å². The van der Waals surface area contributed by atoms with E-state index in [1.54, 1.807) is 17.7 Å². The lowest BCUT2D eigenvalue weighted by molar-refractivity contribution is -0.140. The van der Waals surface area contributed by atoms with Crippen LogP contribution >= 0.6 is 0 Å². The first-order chi connectivity index (χ1) is 20.0. The second-order valence-electron chi connectivity index (χ2n) is 9.80. The molecule has 0 fully saturated rings. The van der Waals surface area contributed by atoms with Crippen LogP contribution < -0.4 is 4.74 Å². The highest BCUT2D eigenvalue weighted by molar-refractivity contribution is 6.19. The number of ether oxygens (including phenoxy) is 1. The minimum absolute atomic E-state index is 0.0136. The zero-order valence-electron chi connectivity index (χ0n) is 23.1. The van der Waals surface area contributed by atoms with Crippen molar-refractivity contribution in [2.24, 2.45) is 0 Å². The maximum Gasteiger partial charge on any atom is 0.271 e. The van der Waals surface area contributed by atoms with E-state index in [2.05, 4.69) is 0 Å². The van der Waals surface area contributed by atoms with E-state index in [9.17, 15) is 14.9 Å². The van der Waals surface area contributed by atoms with Gasteiger partial charge in [0.2, 0.25) is 0 Å². The Morgan fingerprint density at radius 2 is 1.68 bits per heavy atom. The van der Waals surface area contributed by atoms with Crippen LogP contribution in [-0.4, -0.2) is 33.0 Å². The molecule has 4 aromatic rings. The summed E-state index contributed by atoms with van der Waals surface area (Å²) in [6.07, 6.45) is 5.07. The van der Waals surface area contributed by atoms with Crippen molar-refractivity contribution in [2.75, 3.05) is 6.54 Å². The number of amides is 2. The van der Waals surface area contributed by atoms with Crippen molar-refractivity contribution in [3.05, 3.63) is 119 Å². The third-order valence-corrected chi connectivity index (χ3v) is 6.98. The van der Waals surface area contributed by atoms with Gasteiger partial charge in [0.1, 0.15) is 29.7 Å². The largest absolute Gasteiger partial charge is 0.489 e. The van der Waals surface area contributed by atoms with E-state index in [1.807, 2.05) is 104 Å². The van der Waals surface area contributed by atoms with Crippen LogP contribution in [0.2, 0.25) is 0 Å². The number of hydrogen-bond donors (Lipinski definition) is 0. The molecule has 0 saturated heterocycles. The Morgan fingerprint density at radius 1 is 0.951 bits per heavy atom. The monoisotopic (exact) mass is 542 g/mol. The van der Waals surface area contributed by atoms with Crippen molar-refractivity contribution in [1.82, 2.24) is 14.7 Å². The Morgan fingerprint density at radius 3 is 2.39 bits per heavy atom. The molecule has 7 heteroatoms. The van der Waals surface area contributed by atoms with Crippen LogP contribution in [0.5, 0.6) is 5.75 Å². The molecule has 204 valence electrons. The van der Waals surface area contributed by atoms with E-state index in [1.165, 1.54) is 4.90 Å². The predicted octanol–water partition coefficient (Wildman–Crippen LogP) is 6.51. The summed E-state index contributed by atoms with van der Waals surface area (Å²) in [5.41, 5.74) is 4.71. The van der Waals surface area contributed by atoms with Gasteiger partial charge >= 0.3 is 0 Å². The van der Waals surface area contributed by atoms with Crippen LogP contribution in [0, 0.1) is 11.3 Å². The summed E-state index contributed by atoms with van der Waals surface area (Å²) in [7, 11) is 0. The Hall–Kier alpha value is -5.22. The summed E-state index contributed by atoms with van der Waals surface area (Å²) in [5, 5.41) is 14.7. The van der Waals surface area contributed by atoms with Crippen molar-refractivity contribution in [1.29, 1.82) is 5.26 Å². The third-order valence-electron chi connectivity index (χ3n) is 6.98. The molecule has 1 aliphatic rings. The van der Waals surface area contributed by atoms with E-state index in [0.29, 0.717) is 41.2 Å². The number of nitriles is 1. The third kappa shape index (κ3) is 5.87. The number of nitrogens with zero attached hydrogens (tertiary/aromatic N) is 4. The fourth-order valence-electron chi connectivity index (χ4n) is 4.71. The molecule has 1 aliphatic heterocycles. The Bertz CT molecular complexity index is 1680. The highest BCUT2D eigenvalue weighted by atomic mass is 16.5. The molecule has 1 aromatic heterocycles. The summed E-state index contributed by atoms with van der Waals surface area (Å²) in [4.78, 5) is 27.7. The quantitative estimate of drug-likeness (QED) is 0.178. The minimum atomic E-state index is -0.538. The van der Waals surface area contributed by atoms with Crippen molar-refractivity contribution < 1.29 is 14.3 Å². The van der Waals surface area contributed by atoms with Crippen LogP contribution in [-0.2, 0) is 16.2 Å². The molecule has 2 amide bonds. The van der Waals surface area contributed by atoms with E-state index in [4.69, 9.17) is 9.84 Å². The Labute approximate surface area is 239 Å². The maximum atomic E-state index is 13.6. The lowest BCUT2D eigenvalue weighted by atomic mass is 9.93. The average Bonchev–Trinajstić information content (AvgIpc) is 3.44. The summed E-state index contributed by atoms with van der Waals surface area (Å²) in [6.45, 7) is 4.33. The first kappa shape index (κ1) is 27.4. The molecule has 7 nitrogen and oxygen atoms in total. The van der Waals surface area contributed by atoms with Crippen LogP contribution in [0.15, 0.2) is 108 Å². The molecular weight excluding hydrogens is 512 g/mol. The second kappa shape index (κ2) is 12.3. The average molecular weight is 543 g/mol. The van der Waals surface area contributed by atoms with Gasteiger partial charge in [-0.15, -0.1) is 0 Å². The number of para-hydroxylation sites is 1. The number of hydrogen-bond acceptors (Lipinski definition) is 5. The summed E-state index contributed by atoms with van der Waals surface area (Å²) < 4.78 is 7.83. The molecular formula is C34H30N4O3. The van der Waals surface area contributed by atoms with E-state index >= 15 is 0 Å². The van der Waals surface area contributed by atoms with Gasteiger partial charge in [-0.25, -0.2) is 4.68 Å². The first-order valence-corrected chi connectivity index (χ1v) is 13.6. The lowest BCUT2D eigenvalue weighted by Crippen LogP contribution is -2.43. The highest BCUT2D eigenvalue weighted by Crippen LogP contribution is 2.32. The first-order valence-electron chi connectivity index (χ1n) is 13.6. The Kier molecular flexibility index (Phi) is 8.21. The molecule has 3 aromatic carbocycles. The van der Waals surface area contributed by atoms with Gasteiger partial charge < -0.3 is 4.74 Å². The highest BCUT2D eigenvalue weighted by Gasteiger charge is 2.35. The van der Waals surface area contributed by atoms with Crippen molar-refractivity contribution in [2.45, 2.75) is 33.3 Å². The zero-order valence-corrected chi connectivity index (χ0v) is 23.1. The predicted molar refractivity (Wildman–Crippen MR) is 158 cm³/mol. The number of unbranched alkanes of at least 4 members (excludes halogenated alkanes) is 1. The molecule has 0 aliphatic carbocycles. The van der Waals surface area contributed by atoms with E-state index in [-0.39, 0.29) is 12.1 Å². The smallest absolute Gasteiger partial charge is 0.271 e. The van der Waals surface area contributed by atoms with Gasteiger partial charge in [0.25, 0.3) is 11.8 Å². The van der Waals surface area contributed by atoms with Crippen LogP contribution in [0.25, 0.3) is 23.0 Å². The topological polar surface area (TPSA) is 88.2 Å². The zero-order chi connectivity index (χ0) is 28.8. The summed E-state index contributed by atoms with van der Waals surface area (Å²) >= 11 is 0. The molecule has 0 N–H and O–H groups in total. The molecule has 41 heavy (non-hydrogen) atoms. The number of carbonyl (C=O) groups is 2. The van der Waals surface area contributed by atoms with Crippen molar-refractivity contribution in [3.8, 4) is 28.8 Å². The molecule has 0 spiro atoms. The SMILES string of the molecule is CCCCN1C(=O)C(C#N)=C(C)/C(=C\c2cn(-c3ccccc3)nc2-c2cccc(OCc3ccccc3)c2)C1=O. The number of rotatable bonds is 9. The number of carbonyl (C=O) groups excluding carboxylic acids is 2. The van der Waals surface area contributed by atoms with Gasteiger partial charge in [-0.1, -0.05) is 74.0 Å².